The molecule has 0 aromatic heterocycles. The molecule has 1 aromatic rings. The van der Waals surface area contributed by atoms with Crippen LogP contribution in [-0.2, 0) is 10.2 Å². The van der Waals surface area contributed by atoms with Crippen molar-refractivity contribution in [3.63, 3.8) is 0 Å². The predicted octanol–water partition coefficient (Wildman–Crippen LogP) is 1.68. The van der Waals surface area contributed by atoms with E-state index in [0.29, 0.717) is 12.8 Å². The maximum Gasteiger partial charge on any atom is 0.414 e. The van der Waals surface area contributed by atoms with Crippen molar-refractivity contribution in [3.8, 4) is 6.07 Å². The third-order valence-corrected chi connectivity index (χ3v) is 4.30. The highest BCUT2D eigenvalue weighted by molar-refractivity contribution is 7.80. The fraction of sp³-hybridized carbons (Fsp3) is 0.400. The molecule has 6 nitrogen and oxygen atoms in total. The summed E-state index contributed by atoms with van der Waals surface area (Å²) in [6.07, 6.45) is -0.402. The first kappa shape index (κ1) is 16.4. The Labute approximate surface area is 142 Å². The van der Waals surface area contributed by atoms with E-state index in [4.69, 9.17) is 15.7 Å². The van der Waals surface area contributed by atoms with Crippen LogP contribution in [0.5, 0.6) is 0 Å². The van der Waals surface area contributed by atoms with Crippen molar-refractivity contribution in [1.82, 2.24) is 5.32 Å². The molecule has 1 saturated heterocycles. The molecule has 9 heteroatoms. The van der Waals surface area contributed by atoms with Crippen LogP contribution in [0.25, 0.3) is 0 Å². The summed E-state index contributed by atoms with van der Waals surface area (Å²) in [6, 6.07) is 4.08. The van der Waals surface area contributed by atoms with Gasteiger partial charge in [0, 0.05) is 5.56 Å². The molecule has 3 N–H and O–H groups in total. The molecule has 0 unspecified atom stereocenters. The van der Waals surface area contributed by atoms with Crippen LogP contribution < -0.4 is 16.0 Å². The van der Waals surface area contributed by atoms with Gasteiger partial charge in [-0.15, -0.1) is 0 Å². The Bertz CT molecular complexity index is 737. The van der Waals surface area contributed by atoms with Gasteiger partial charge in [0.15, 0.2) is 5.11 Å². The number of carbonyl (C=O) groups is 1. The van der Waals surface area contributed by atoms with Crippen molar-refractivity contribution >= 4 is 29.1 Å². The summed E-state index contributed by atoms with van der Waals surface area (Å²) < 4.78 is 33.8. The zero-order valence-corrected chi connectivity index (χ0v) is 13.3. The Morgan fingerprint density at radius 1 is 1.50 bits per heavy atom. The Hall–Kier alpha value is -2.47. The number of anilines is 1. The lowest BCUT2D eigenvalue weighted by atomic mass is 9.96. The van der Waals surface area contributed by atoms with E-state index in [9.17, 15) is 13.6 Å². The van der Waals surface area contributed by atoms with Gasteiger partial charge >= 0.3 is 6.09 Å². The fourth-order valence-corrected chi connectivity index (χ4v) is 2.85. The molecule has 0 radical (unpaired) electrons. The summed E-state index contributed by atoms with van der Waals surface area (Å²) in [7, 11) is 0. The number of nitriles is 1. The van der Waals surface area contributed by atoms with Crippen LogP contribution in [-0.4, -0.2) is 30.4 Å². The van der Waals surface area contributed by atoms with Gasteiger partial charge in [-0.25, -0.2) is 13.6 Å². The molecule has 0 bridgehead atoms. The zero-order chi connectivity index (χ0) is 17.5. The van der Waals surface area contributed by atoms with Gasteiger partial charge in [0.1, 0.15) is 17.7 Å². The minimum atomic E-state index is -1.08. The highest BCUT2D eigenvalue weighted by Crippen LogP contribution is 2.50. The lowest BCUT2D eigenvalue weighted by Gasteiger charge is -2.16. The molecule has 1 aliphatic carbocycles. The van der Waals surface area contributed by atoms with Crippen LogP contribution in [0, 0.1) is 23.0 Å². The molecule has 1 amide bonds. The van der Waals surface area contributed by atoms with Gasteiger partial charge in [-0.2, -0.15) is 5.26 Å². The SMILES string of the molecule is N#CC1(c2c(F)cc(N3C[C@H](CNC(N)=S)OC3=O)cc2F)CC1. The Balaban J connectivity index is 1.82. The Kier molecular flexibility index (Phi) is 4.01. The van der Waals surface area contributed by atoms with Crippen LogP contribution in [0.4, 0.5) is 19.3 Å². The van der Waals surface area contributed by atoms with E-state index in [0.717, 1.165) is 17.0 Å². The average Bonchev–Trinajstić information content (AvgIpc) is 3.20. The first-order valence-electron chi connectivity index (χ1n) is 7.28. The molecule has 1 atom stereocenters. The third-order valence-electron chi connectivity index (χ3n) is 4.16. The molecule has 126 valence electrons. The van der Waals surface area contributed by atoms with Gasteiger partial charge in [0.05, 0.1) is 30.3 Å². The van der Waals surface area contributed by atoms with E-state index in [2.05, 4.69) is 17.5 Å². The van der Waals surface area contributed by atoms with Gasteiger partial charge in [-0.1, -0.05) is 0 Å². The number of ether oxygens (including phenoxy) is 1. The van der Waals surface area contributed by atoms with E-state index in [-0.39, 0.29) is 29.5 Å². The van der Waals surface area contributed by atoms with Crippen molar-refractivity contribution in [1.29, 1.82) is 5.26 Å². The smallest absolute Gasteiger partial charge is 0.414 e. The number of carbonyl (C=O) groups excluding carboxylic acids is 1. The topological polar surface area (TPSA) is 91.4 Å². The maximum atomic E-state index is 14.3. The standard InChI is InChI=1S/C15H14F2N4O2S/c16-10-3-8(4-11(17)12(10)15(7-18)1-2-15)21-6-9(23-14(21)22)5-20-13(19)24/h3-4,9H,1-2,5-6H2,(H3,19,20,24)/t9-/m0/s1. The quantitative estimate of drug-likeness (QED) is 0.801. The van der Waals surface area contributed by atoms with Crippen molar-refractivity contribution in [2.24, 2.45) is 5.73 Å². The van der Waals surface area contributed by atoms with Crippen LogP contribution in [0.2, 0.25) is 0 Å². The number of nitrogens with zero attached hydrogens (tertiary/aromatic N) is 2. The second kappa shape index (κ2) is 5.87. The molecule has 1 aromatic carbocycles. The zero-order valence-electron chi connectivity index (χ0n) is 12.5. The lowest BCUT2D eigenvalue weighted by molar-refractivity contribution is 0.143. The van der Waals surface area contributed by atoms with Crippen molar-refractivity contribution in [2.75, 3.05) is 18.0 Å². The summed E-state index contributed by atoms with van der Waals surface area (Å²) >= 11 is 4.67. The van der Waals surface area contributed by atoms with E-state index < -0.39 is 29.2 Å². The second-order valence-corrected chi connectivity index (χ2v) is 6.28. The number of thiocarbonyl (C=S) groups is 1. The molecule has 24 heavy (non-hydrogen) atoms. The molecular formula is C15H14F2N4O2S. The van der Waals surface area contributed by atoms with Gasteiger partial charge in [0.25, 0.3) is 0 Å². The number of benzene rings is 1. The molecule has 0 spiro atoms. The number of halogens is 2. The van der Waals surface area contributed by atoms with Crippen LogP contribution in [0.15, 0.2) is 12.1 Å². The second-order valence-electron chi connectivity index (χ2n) is 5.84. The third kappa shape index (κ3) is 2.85. The first-order valence-corrected chi connectivity index (χ1v) is 7.69. The summed E-state index contributed by atoms with van der Waals surface area (Å²) in [5.74, 6) is -1.66. The number of rotatable bonds is 4. The number of amides is 1. The minimum absolute atomic E-state index is 0.0466. The largest absolute Gasteiger partial charge is 0.442 e. The van der Waals surface area contributed by atoms with E-state index in [1.54, 1.807) is 0 Å². The monoisotopic (exact) mass is 352 g/mol. The number of nitrogens with two attached hydrogens (primary N) is 1. The summed E-state index contributed by atoms with van der Waals surface area (Å²) in [6.45, 7) is 0.314. The molecule has 1 aliphatic heterocycles. The fourth-order valence-electron chi connectivity index (χ4n) is 2.77. The molecule has 1 saturated carbocycles. The molecule has 3 rings (SSSR count). The summed E-state index contributed by atoms with van der Waals surface area (Å²) in [5, 5.41) is 11.9. The van der Waals surface area contributed by atoms with Gasteiger partial charge in [-0.3, -0.25) is 4.90 Å². The lowest BCUT2D eigenvalue weighted by Crippen LogP contribution is -2.37. The Morgan fingerprint density at radius 2 is 2.12 bits per heavy atom. The molecular weight excluding hydrogens is 338 g/mol. The minimum Gasteiger partial charge on any atom is -0.442 e. The average molecular weight is 352 g/mol. The van der Waals surface area contributed by atoms with E-state index >= 15 is 0 Å². The van der Waals surface area contributed by atoms with E-state index in [1.807, 2.05) is 6.07 Å². The number of nitrogens with one attached hydrogen (secondary N) is 1. The van der Waals surface area contributed by atoms with Gasteiger partial charge in [0.2, 0.25) is 0 Å². The first-order chi connectivity index (χ1) is 11.4. The van der Waals surface area contributed by atoms with Crippen molar-refractivity contribution in [2.45, 2.75) is 24.4 Å². The molecule has 2 fully saturated rings. The van der Waals surface area contributed by atoms with Crippen LogP contribution >= 0.6 is 12.2 Å². The molecule has 2 aliphatic rings. The number of cyclic esters (lactones) is 1. The maximum absolute atomic E-state index is 14.3. The van der Waals surface area contributed by atoms with Crippen molar-refractivity contribution in [3.05, 3.63) is 29.3 Å². The Morgan fingerprint density at radius 3 is 2.62 bits per heavy atom. The van der Waals surface area contributed by atoms with Crippen LogP contribution in [0.3, 0.4) is 0 Å². The molecule has 1 heterocycles. The highest BCUT2D eigenvalue weighted by atomic mass is 32.1. The van der Waals surface area contributed by atoms with E-state index in [1.165, 1.54) is 0 Å². The predicted molar refractivity (Wildman–Crippen MR) is 85.3 cm³/mol. The van der Waals surface area contributed by atoms with Crippen molar-refractivity contribution < 1.29 is 18.3 Å². The highest BCUT2D eigenvalue weighted by Gasteiger charge is 2.49. The van der Waals surface area contributed by atoms with Gasteiger partial charge in [-0.05, 0) is 37.2 Å². The number of hydrogen-bond acceptors (Lipinski definition) is 4. The normalized spacial score (nSPS) is 21.1. The summed E-state index contributed by atoms with van der Waals surface area (Å²) in [5.41, 5.74) is 4.04. The van der Waals surface area contributed by atoms with Gasteiger partial charge < -0.3 is 15.8 Å². The number of hydrogen-bond donors (Lipinski definition) is 2. The summed E-state index contributed by atoms with van der Waals surface area (Å²) in [4.78, 5) is 13.1. The van der Waals surface area contributed by atoms with Crippen LogP contribution in [0.1, 0.15) is 18.4 Å².